The molecule has 19 heavy (non-hydrogen) atoms. The molecule has 2 heterocycles. The lowest BCUT2D eigenvalue weighted by molar-refractivity contribution is 0.0187. The Morgan fingerprint density at radius 1 is 1.47 bits per heavy atom. The second-order valence-corrected chi connectivity index (χ2v) is 4.95. The summed E-state index contributed by atoms with van der Waals surface area (Å²) in [7, 11) is 0. The molecule has 0 spiro atoms. The number of rotatable bonds is 5. The zero-order valence-corrected chi connectivity index (χ0v) is 11.3. The van der Waals surface area contributed by atoms with Crippen molar-refractivity contribution in [1.82, 2.24) is 9.88 Å². The molecule has 1 aromatic rings. The van der Waals surface area contributed by atoms with E-state index in [9.17, 15) is 4.79 Å². The predicted octanol–water partition coefficient (Wildman–Crippen LogP) is 0.834. The Morgan fingerprint density at radius 2 is 2.21 bits per heavy atom. The molecule has 1 aliphatic rings. The average Bonchev–Trinajstić information content (AvgIpc) is 2.46. The molecular formula is C14H21N3O2. The zero-order chi connectivity index (χ0) is 13.7. The number of aromatic nitrogens is 1. The Bertz CT molecular complexity index is 413. The normalized spacial score (nSPS) is 18.2. The van der Waals surface area contributed by atoms with Crippen LogP contribution in [0.4, 0.5) is 0 Å². The van der Waals surface area contributed by atoms with Gasteiger partial charge in [0.25, 0.3) is 5.91 Å². The van der Waals surface area contributed by atoms with Crippen molar-refractivity contribution in [3.63, 3.8) is 0 Å². The van der Waals surface area contributed by atoms with E-state index >= 15 is 0 Å². The molecular weight excluding hydrogens is 242 g/mol. The first-order chi connectivity index (χ1) is 9.16. The van der Waals surface area contributed by atoms with Gasteiger partial charge in [0.05, 0.1) is 13.2 Å². The summed E-state index contributed by atoms with van der Waals surface area (Å²) in [5, 5.41) is 0. The van der Waals surface area contributed by atoms with E-state index in [0.29, 0.717) is 11.7 Å². The van der Waals surface area contributed by atoms with Crippen molar-refractivity contribution in [3.05, 3.63) is 29.6 Å². The number of pyridine rings is 1. The first kappa shape index (κ1) is 14.0. The molecule has 0 aromatic carbocycles. The van der Waals surface area contributed by atoms with Gasteiger partial charge in [-0.3, -0.25) is 14.7 Å². The van der Waals surface area contributed by atoms with E-state index in [2.05, 4.69) is 16.8 Å². The first-order valence-corrected chi connectivity index (χ1v) is 6.73. The molecule has 1 atom stereocenters. The van der Waals surface area contributed by atoms with Crippen LogP contribution in [-0.4, -0.2) is 48.1 Å². The second-order valence-electron chi connectivity index (χ2n) is 4.95. The summed E-state index contributed by atoms with van der Waals surface area (Å²) in [6, 6.07) is 4.16. The number of nitrogens with zero attached hydrogens (tertiary/aromatic N) is 2. The molecule has 1 aliphatic heterocycles. The Hall–Kier alpha value is -1.46. The van der Waals surface area contributed by atoms with Gasteiger partial charge in [-0.05, 0) is 31.4 Å². The van der Waals surface area contributed by atoms with E-state index in [-0.39, 0.29) is 0 Å². The molecule has 1 fully saturated rings. The molecule has 1 amide bonds. The van der Waals surface area contributed by atoms with Gasteiger partial charge in [-0.15, -0.1) is 0 Å². The summed E-state index contributed by atoms with van der Waals surface area (Å²) in [5.74, 6) is -0.478. The van der Waals surface area contributed by atoms with Crippen molar-refractivity contribution in [2.45, 2.75) is 25.8 Å². The lowest BCUT2D eigenvalue weighted by Gasteiger charge is -2.32. The summed E-state index contributed by atoms with van der Waals surface area (Å²) in [6.07, 6.45) is 3.79. The van der Waals surface area contributed by atoms with Gasteiger partial charge in [-0.2, -0.15) is 0 Å². The van der Waals surface area contributed by atoms with Gasteiger partial charge in [-0.1, -0.05) is 6.07 Å². The highest BCUT2D eigenvalue weighted by Crippen LogP contribution is 2.11. The Kier molecular flexibility index (Phi) is 4.87. The van der Waals surface area contributed by atoms with E-state index < -0.39 is 5.91 Å². The fourth-order valence-electron chi connectivity index (χ4n) is 2.29. The molecule has 0 bridgehead atoms. The van der Waals surface area contributed by atoms with Crippen LogP contribution in [0.3, 0.4) is 0 Å². The van der Waals surface area contributed by atoms with Crippen LogP contribution in [0.1, 0.15) is 29.4 Å². The number of hydrogen-bond acceptors (Lipinski definition) is 4. The van der Waals surface area contributed by atoms with Crippen LogP contribution in [0.5, 0.6) is 0 Å². The maximum Gasteiger partial charge on any atom is 0.267 e. The van der Waals surface area contributed by atoms with Gasteiger partial charge in [0.15, 0.2) is 0 Å². The monoisotopic (exact) mass is 263 g/mol. The minimum atomic E-state index is -0.478. The third-order valence-electron chi connectivity index (χ3n) is 3.60. The SMILES string of the molecule is CC(CCc1ccc(C(N)=O)nc1)N1CCOCC1. The van der Waals surface area contributed by atoms with Crippen molar-refractivity contribution in [1.29, 1.82) is 0 Å². The van der Waals surface area contributed by atoms with Gasteiger partial charge in [0.2, 0.25) is 0 Å². The largest absolute Gasteiger partial charge is 0.379 e. The highest BCUT2D eigenvalue weighted by atomic mass is 16.5. The number of amides is 1. The minimum Gasteiger partial charge on any atom is -0.379 e. The molecule has 2 N–H and O–H groups in total. The first-order valence-electron chi connectivity index (χ1n) is 6.73. The molecule has 0 radical (unpaired) electrons. The van der Waals surface area contributed by atoms with Crippen molar-refractivity contribution < 1.29 is 9.53 Å². The lowest BCUT2D eigenvalue weighted by atomic mass is 10.1. The summed E-state index contributed by atoms with van der Waals surface area (Å²) in [5.41, 5.74) is 6.63. The second kappa shape index (κ2) is 6.63. The number of primary amides is 1. The van der Waals surface area contributed by atoms with Gasteiger partial charge in [-0.25, -0.2) is 0 Å². The van der Waals surface area contributed by atoms with Crippen LogP contribution in [0.15, 0.2) is 18.3 Å². The highest BCUT2D eigenvalue weighted by Gasteiger charge is 2.16. The number of carbonyl (C=O) groups is 1. The van der Waals surface area contributed by atoms with Crippen molar-refractivity contribution in [3.8, 4) is 0 Å². The molecule has 1 unspecified atom stereocenters. The fraction of sp³-hybridized carbons (Fsp3) is 0.571. The summed E-state index contributed by atoms with van der Waals surface area (Å²) < 4.78 is 5.35. The summed E-state index contributed by atoms with van der Waals surface area (Å²) in [4.78, 5) is 17.4. The molecule has 5 nitrogen and oxygen atoms in total. The number of nitrogens with two attached hydrogens (primary N) is 1. The molecule has 5 heteroatoms. The lowest BCUT2D eigenvalue weighted by Crippen LogP contribution is -2.42. The van der Waals surface area contributed by atoms with Crippen LogP contribution in [0.2, 0.25) is 0 Å². The smallest absolute Gasteiger partial charge is 0.267 e. The van der Waals surface area contributed by atoms with Crippen LogP contribution in [0, 0.1) is 0 Å². The standard InChI is InChI=1S/C14H21N3O2/c1-11(17-6-8-19-9-7-17)2-3-12-4-5-13(14(15)18)16-10-12/h4-5,10-11H,2-3,6-9H2,1H3,(H2,15,18). The van der Waals surface area contributed by atoms with E-state index in [1.54, 1.807) is 12.3 Å². The number of hydrogen-bond donors (Lipinski definition) is 1. The Labute approximate surface area is 113 Å². The summed E-state index contributed by atoms with van der Waals surface area (Å²) in [6.45, 7) is 5.94. The molecule has 0 saturated carbocycles. The molecule has 2 rings (SSSR count). The van der Waals surface area contributed by atoms with Gasteiger partial charge < -0.3 is 10.5 Å². The van der Waals surface area contributed by atoms with Crippen LogP contribution >= 0.6 is 0 Å². The van der Waals surface area contributed by atoms with Gasteiger partial charge in [0.1, 0.15) is 5.69 Å². The van der Waals surface area contributed by atoms with Crippen LogP contribution < -0.4 is 5.73 Å². The van der Waals surface area contributed by atoms with Crippen LogP contribution in [0.25, 0.3) is 0 Å². The average molecular weight is 263 g/mol. The molecule has 1 aromatic heterocycles. The third-order valence-corrected chi connectivity index (χ3v) is 3.60. The summed E-state index contributed by atoms with van der Waals surface area (Å²) >= 11 is 0. The topological polar surface area (TPSA) is 68.5 Å². The Morgan fingerprint density at radius 3 is 2.79 bits per heavy atom. The van der Waals surface area contributed by atoms with Crippen molar-refractivity contribution in [2.24, 2.45) is 5.73 Å². The molecule has 104 valence electrons. The van der Waals surface area contributed by atoms with E-state index in [1.165, 1.54) is 0 Å². The Balaban J connectivity index is 1.82. The van der Waals surface area contributed by atoms with Crippen LogP contribution in [-0.2, 0) is 11.2 Å². The third kappa shape index (κ3) is 4.01. The predicted molar refractivity (Wildman–Crippen MR) is 72.9 cm³/mol. The van der Waals surface area contributed by atoms with Gasteiger partial charge in [0, 0.05) is 25.3 Å². The number of morpholine rings is 1. The zero-order valence-electron chi connectivity index (χ0n) is 11.3. The van der Waals surface area contributed by atoms with Crippen molar-refractivity contribution in [2.75, 3.05) is 26.3 Å². The van der Waals surface area contributed by atoms with Crippen molar-refractivity contribution >= 4 is 5.91 Å². The highest BCUT2D eigenvalue weighted by molar-refractivity contribution is 5.90. The maximum absolute atomic E-state index is 10.9. The minimum absolute atomic E-state index is 0.324. The van der Waals surface area contributed by atoms with Gasteiger partial charge >= 0.3 is 0 Å². The fourth-order valence-corrected chi connectivity index (χ4v) is 2.29. The molecule has 0 aliphatic carbocycles. The van der Waals surface area contributed by atoms with E-state index in [4.69, 9.17) is 10.5 Å². The van der Waals surface area contributed by atoms with E-state index in [1.807, 2.05) is 6.07 Å². The number of carbonyl (C=O) groups excluding carboxylic acids is 1. The van der Waals surface area contributed by atoms with E-state index in [0.717, 1.165) is 44.7 Å². The number of aryl methyl sites for hydroxylation is 1. The quantitative estimate of drug-likeness (QED) is 0.854. The molecule has 1 saturated heterocycles. The number of ether oxygens (including phenoxy) is 1. The maximum atomic E-state index is 10.9.